The van der Waals surface area contributed by atoms with Crippen LogP contribution in [0.3, 0.4) is 0 Å². The van der Waals surface area contributed by atoms with E-state index in [0.29, 0.717) is 19.7 Å². The Bertz CT molecular complexity index is 341. The summed E-state index contributed by atoms with van der Waals surface area (Å²) in [5.41, 5.74) is 0.921. The molecule has 94 valence electrons. The van der Waals surface area contributed by atoms with Crippen molar-refractivity contribution < 1.29 is 9.53 Å². The minimum absolute atomic E-state index is 0.00394. The van der Waals surface area contributed by atoms with Gasteiger partial charge in [0.1, 0.15) is 0 Å². The first-order chi connectivity index (χ1) is 8.20. The van der Waals surface area contributed by atoms with Gasteiger partial charge in [-0.1, -0.05) is 18.2 Å². The van der Waals surface area contributed by atoms with Gasteiger partial charge in [0.2, 0.25) is 0 Å². The average Bonchev–Trinajstić information content (AvgIpc) is 2.38. The molecule has 0 aliphatic carbocycles. The molecule has 17 heavy (non-hydrogen) atoms. The molecule has 0 fully saturated rings. The Kier molecular flexibility index (Phi) is 5.49. The number of urea groups is 1. The number of carbonyl (C=O) groups excluding carboxylic acids is 1. The Morgan fingerprint density at radius 1 is 1.29 bits per heavy atom. The van der Waals surface area contributed by atoms with E-state index in [0.717, 1.165) is 5.69 Å². The molecule has 0 saturated heterocycles. The van der Waals surface area contributed by atoms with Gasteiger partial charge in [0.25, 0.3) is 0 Å². The van der Waals surface area contributed by atoms with Gasteiger partial charge in [0, 0.05) is 32.9 Å². The third-order valence-electron chi connectivity index (χ3n) is 2.57. The molecule has 0 unspecified atom stereocenters. The summed E-state index contributed by atoms with van der Waals surface area (Å²) in [6, 6.07) is 9.67. The molecule has 4 heteroatoms. The van der Waals surface area contributed by atoms with Crippen LogP contribution in [-0.4, -0.2) is 44.8 Å². The second kappa shape index (κ2) is 6.91. The molecule has 0 spiro atoms. The molecule has 0 saturated carbocycles. The zero-order valence-electron chi connectivity index (χ0n) is 10.7. The zero-order chi connectivity index (χ0) is 12.7. The van der Waals surface area contributed by atoms with Gasteiger partial charge >= 0.3 is 6.03 Å². The molecule has 1 aromatic carbocycles. The van der Waals surface area contributed by atoms with E-state index in [2.05, 4.69) is 0 Å². The Hall–Kier alpha value is -1.55. The van der Waals surface area contributed by atoms with E-state index >= 15 is 0 Å². The lowest BCUT2D eigenvalue weighted by Crippen LogP contribution is -2.42. The van der Waals surface area contributed by atoms with Crippen molar-refractivity contribution in [2.75, 3.05) is 38.8 Å². The van der Waals surface area contributed by atoms with E-state index in [9.17, 15) is 4.79 Å². The predicted octanol–water partition coefficient (Wildman–Crippen LogP) is 2.21. The fourth-order valence-electron chi connectivity index (χ4n) is 1.57. The minimum atomic E-state index is -0.00394. The van der Waals surface area contributed by atoms with E-state index in [4.69, 9.17) is 4.74 Å². The summed E-state index contributed by atoms with van der Waals surface area (Å²) in [4.78, 5) is 15.6. The van der Waals surface area contributed by atoms with Crippen LogP contribution in [0, 0.1) is 0 Å². The normalized spacial score (nSPS) is 10.1. The number of benzene rings is 1. The number of methoxy groups -OCH3 is 1. The molecule has 0 aliphatic heterocycles. The maximum absolute atomic E-state index is 12.2. The van der Waals surface area contributed by atoms with Crippen LogP contribution in [0.2, 0.25) is 0 Å². The van der Waals surface area contributed by atoms with Crippen LogP contribution in [-0.2, 0) is 4.74 Å². The lowest BCUT2D eigenvalue weighted by Gasteiger charge is -2.27. The number of nitrogens with zero attached hydrogens (tertiary/aromatic N) is 2. The first-order valence-corrected chi connectivity index (χ1v) is 5.77. The fourth-order valence-corrected chi connectivity index (χ4v) is 1.57. The van der Waals surface area contributed by atoms with Gasteiger partial charge in [0.15, 0.2) is 0 Å². The highest BCUT2D eigenvalue weighted by molar-refractivity contribution is 5.91. The summed E-state index contributed by atoms with van der Waals surface area (Å²) in [6.45, 7) is 3.77. The standard InChI is InChI=1S/C13H20N2O2/c1-4-15(12-8-6-5-7-9-12)13(16)14(2)10-11-17-3/h5-9H,4,10-11H2,1-3H3. The van der Waals surface area contributed by atoms with Gasteiger partial charge in [-0.2, -0.15) is 0 Å². The molecule has 0 heterocycles. The topological polar surface area (TPSA) is 32.8 Å². The Morgan fingerprint density at radius 2 is 1.94 bits per heavy atom. The molecular formula is C13H20N2O2. The van der Waals surface area contributed by atoms with Crippen LogP contribution in [0.4, 0.5) is 10.5 Å². The molecule has 0 aromatic heterocycles. The van der Waals surface area contributed by atoms with Crippen molar-refractivity contribution in [1.82, 2.24) is 4.90 Å². The summed E-state index contributed by atoms with van der Waals surface area (Å²) < 4.78 is 4.97. The number of hydrogen-bond donors (Lipinski definition) is 0. The quantitative estimate of drug-likeness (QED) is 0.785. The lowest BCUT2D eigenvalue weighted by atomic mass is 10.3. The van der Waals surface area contributed by atoms with Gasteiger partial charge in [-0.3, -0.25) is 4.90 Å². The van der Waals surface area contributed by atoms with Crippen molar-refractivity contribution in [2.24, 2.45) is 0 Å². The number of likely N-dealkylation sites (N-methyl/N-ethyl adjacent to an activating group) is 1. The average molecular weight is 236 g/mol. The number of rotatable bonds is 5. The van der Waals surface area contributed by atoms with Crippen molar-refractivity contribution in [2.45, 2.75) is 6.92 Å². The number of carbonyl (C=O) groups is 1. The molecule has 1 aromatic rings. The van der Waals surface area contributed by atoms with E-state index in [1.807, 2.05) is 37.3 Å². The summed E-state index contributed by atoms with van der Waals surface area (Å²) in [7, 11) is 3.42. The van der Waals surface area contributed by atoms with Crippen LogP contribution in [0.5, 0.6) is 0 Å². The molecule has 0 bridgehead atoms. The number of amides is 2. The molecule has 0 atom stereocenters. The van der Waals surface area contributed by atoms with Crippen molar-refractivity contribution in [3.63, 3.8) is 0 Å². The Balaban J connectivity index is 2.71. The van der Waals surface area contributed by atoms with Crippen LogP contribution in [0.1, 0.15) is 6.92 Å². The Labute approximate surface area is 103 Å². The van der Waals surface area contributed by atoms with E-state index in [-0.39, 0.29) is 6.03 Å². The van der Waals surface area contributed by atoms with Crippen LogP contribution in [0.25, 0.3) is 0 Å². The van der Waals surface area contributed by atoms with Gasteiger partial charge < -0.3 is 9.64 Å². The number of ether oxygens (including phenoxy) is 1. The highest BCUT2D eigenvalue weighted by atomic mass is 16.5. The second-order valence-corrected chi connectivity index (χ2v) is 3.78. The maximum Gasteiger partial charge on any atom is 0.324 e. The van der Waals surface area contributed by atoms with Crippen molar-refractivity contribution in [1.29, 1.82) is 0 Å². The molecule has 0 radical (unpaired) electrons. The van der Waals surface area contributed by atoms with Gasteiger partial charge in [-0.05, 0) is 19.1 Å². The van der Waals surface area contributed by atoms with E-state index in [1.54, 1.807) is 24.0 Å². The molecule has 0 N–H and O–H groups in total. The minimum Gasteiger partial charge on any atom is -0.383 e. The van der Waals surface area contributed by atoms with Crippen molar-refractivity contribution in [3.8, 4) is 0 Å². The second-order valence-electron chi connectivity index (χ2n) is 3.78. The van der Waals surface area contributed by atoms with Crippen LogP contribution in [0.15, 0.2) is 30.3 Å². The SMILES string of the molecule is CCN(C(=O)N(C)CCOC)c1ccccc1. The first kappa shape index (κ1) is 13.5. The zero-order valence-corrected chi connectivity index (χ0v) is 10.7. The summed E-state index contributed by atoms with van der Waals surface area (Å²) >= 11 is 0. The van der Waals surface area contributed by atoms with Gasteiger partial charge in [0.05, 0.1) is 6.61 Å². The predicted molar refractivity (Wildman–Crippen MR) is 69.4 cm³/mol. The number of para-hydroxylation sites is 1. The fraction of sp³-hybridized carbons (Fsp3) is 0.462. The maximum atomic E-state index is 12.2. The monoisotopic (exact) mass is 236 g/mol. The van der Waals surface area contributed by atoms with Crippen molar-refractivity contribution in [3.05, 3.63) is 30.3 Å². The van der Waals surface area contributed by atoms with Gasteiger partial charge in [-0.15, -0.1) is 0 Å². The molecule has 1 rings (SSSR count). The molecule has 4 nitrogen and oxygen atoms in total. The Morgan fingerprint density at radius 3 is 2.47 bits per heavy atom. The van der Waals surface area contributed by atoms with Crippen LogP contribution < -0.4 is 4.90 Å². The smallest absolute Gasteiger partial charge is 0.324 e. The third kappa shape index (κ3) is 3.75. The van der Waals surface area contributed by atoms with E-state index < -0.39 is 0 Å². The van der Waals surface area contributed by atoms with E-state index in [1.165, 1.54) is 0 Å². The first-order valence-electron chi connectivity index (χ1n) is 5.77. The third-order valence-corrected chi connectivity index (χ3v) is 2.57. The number of hydrogen-bond acceptors (Lipinski definition) is 2. The van der Waals surface area contributed by atoms with Crippen LogP contribution >= 0.6 is 0 Å². The number of anilines is 1. The van der Waals surface area contributed by atoms with Crippen molar-refractivity contribution >= 4 is 11.7 Å². The molecular weight excluding hydrogens is 216 g/mol. The highest BCUT2D eigenvalue weighted by Gasteiger charge is 2.17. The summed E-state index contributed by atoms with van der Waals surface area (Å²) in [6.07, 6.45) is 0. The summed E-state index contributed by atoms with van der Waals surface area (Å²) in [5, 5.41) is 0. The molecule has 2 amide bonds. The largest absolute Gasteiger partial charge is 0.383 e. The lowest BCUT2D eigenvalue weighted by molar-refractivity contribution is 0.162. The van der Waals surface area contributed by atoms with Gasteiger partial charge in [-0.25, -0.2) is 4.79 Å². The summed E-state index contributed by atoms with van der Waals surface area (Å²) in [5.74, 6) is 0. The molecule has 0 aliphatic rings. The highest BCUT2D eigenvalue weighted by Crippen LogP contribution is 2.14.